The number of pyridine rings is 1. The summed E-state index contributed by atoms with van der Waals surface area (Å²) < 4.78 is 28.5. The topological polar surface area (TPSA) is 88.2 Å². The Morgan fingerprint density at radius 3 is 2.38 bits per heavy atom. The van der Waals surface area contributed by atoms with E-state index in [0.717, 1.165) is 46.3 Å². The van der Waals surface area contributed by atoms with Crippen LogP contribution in [0, 0.1) is 11.2 Å². The number of carbonyl (C=O) groups is 2. The lowest BCUT2D eigenvalue weighted by Gasteiger charge is -2.25. The number of hydrogen-bond acceptors (Lipinski definition) is 6. The van der Waals surface area contributed by atoms with Crippen molar-refractivity contribution in [3.05, 3.63) is 77.9 Å². The van der Waals surface area contributed by atoms with Crippen LogP contribution in [0.4, 0.5) is 4.39 Å². The summed E-state index contributed by atoms with van der Waals surface area (Å²) in [5.74, 6) is -0.729. The number of carbonyl (C=O) groups excluding carboxylic acids is 2. The summed E-state index contributed by atoms with van der Waals surface area (Å²) in [7, 11) is 0. The molecule has 3 aromatic heterocycles. The van der Waals surface area contributed by atoms with Gasteiger partial charge in [0.1, 0.15) is 5.82 Å². The number of benzene rings is 2. The third-order valence-corrected chi connectivity index (χ3v) is 7.71. The highest BCUT2D eigenvalue weighted by molar-refractivity contribution is 6.03. The SMILES string of the molecule is CCOC(=O)c1ccc(-c2c(C3CCOCC3)n(-c3ccc(F)cc3)c3cc4cnn(C(=O)C(C)(C)C)c4nc23)cc1. The molecule has 2 aromatic carbocycles. The second kappa shape index (κ2) is 10.8. The lowest BCUT2D eigenvalue weighted by atomic mass is 9.90. The molecule has 1 saturated heterocycles. The van der Waals surface area contributed by atoms with Gasteiger partial charge in [-0.1, -0.05) is 32.9 Å². The molecule has 0 atom stereocenters. The van der Waals surface area contributed by atoms with Crippen LogP contribution >= 0.6 is 0 Å². The number of rotatable bonds is 5. The highest BCUT2D eigenvalue weighted by Gasteiger charge is 2.31. The molecule has 5 aromatic rings. The first-order chi connectivity index (χ1) is 20.2. The molecule has 0 radical (unpaired) electrons. The van der Waals surface area contributed by atoms with Crippen molar-refractivity contribution < 1.29 is 23.5 Å². The van der Waals surface area contributed by atoms with Gasteiger partial charge in [0.25, 0.3) is 5.91 Å². The van der Waals surface area contributed by atoms with Gasteiger partial charge < -0.3 is 14.0 Å². The van der Waals surface area contributed by atoms with Crippen LogP contribution in [-0.2, 0) is 9.47 Å². The van der Waals surface area contributed by atoms with Gasteiger partial charge in [-0.15, -0.1) is 0 Å². The van der Waals surface area contributed by atoms with Crippen LogP contribution < -0.4 is 0 Å². The van der Waals surface area contributed by atoms with E-state index in [1.54, 1.807) is 37.4 Å². The predicted molar refractivity (Wildman–Crippen MR) is 159 cm³/mol. The molecule has 1 fully saturated rings. The molecule has 0 amide bonds. The fourth-order valence-electron chi connectivity index (χ4n) is 5.63. The highest BCUT2D eigenvalue weighted by Crippen LogP contribution is 2.44. The standard InChI is InChI=1S/C33H33FN4O4/c1-5-42-31(39)22-8-6-20(7-9-22)27-28-26(18-23-19-35-38(30(23)36-28)32(40)33(2,3)4)37(25-12-10-24(34)11-13-25)29(27)21-14-16-41-17-15-21/h6-13,18-19,21H,5,14-17H2,1-4H3. The number of ether oxygens (including phenoxy) is 2. The van der Waals surface area contributed by atoms with Crippen LogP contribution in [-0.4, -0.2) is 51.0 Å². The second-order valence-corrected chi connectivity index (χ2v) is 11.6. The molecule has 0 saturated carbocycles. The molecule has 1 aliphatic heterocycles. The summed E-state index contributed by atoms with van der Waals surface area (Å²) in [6, 6.07) is 15.8. The van der Waals surface area contributed by atoms with Crippen molar-refractivity contribution in [1.82, 2.24) is 19.3 Å². The first-order valence-corrected chi connectivity index (χ1v) is 14.3. The maximum absolute atomic E-state index is 14.1. The third-order valence-electron chi connectivity index (χ3n) is 7.71. The molecule has 9 heteroatoms. The fourth-order valence-corrected chi connectivity index (χ4v) is 5.63. The quantitative estimate of drug-likeness (QED) is 0.214. The van der Waals surface area contributed by atoms with E-state index in [2.05, 4.69) is 9.67 Å². The highest BCUT2D eigenvalue weighted by atomic mass is 19.1. The van der Waals surface area contributed by atoms with E-state index in [4.69, 9.17) is 14.5 Å². The monoisotopic (exact) mass is 568 g/mol. The number of aromatic nitrogens is 4. The average Bonchev–Trinajstić information content (AvgIpc) is 3.55. The minimum Gasteiger partial charge on any atom is -0.462 e. The van der Waals surface area contributed by atoms with E-state index in [-0.39, 0.29) is 23.6 Å². The Morgan fingerprint density at radius 2 is 1.74 bits per heavy atom. The van der Waals surface area contributed by atoms with Crippen LogP contribution in [0.1, 0.15) is 67.3 Å². The van der Waals surface area contributed by atoms with Crippen molar-refractivity contribution in [2.24, 2.45) is 5.41 Å². The largest absolute Gasteiger partial charge is 0.462 e. The molecule has 4 heterocycles. The van der Waals surface area contributed by atoms with E-state index in [1.165, 1.54) is 16.8 Å². The van der Waals surface area contributed by atoms with Crippen LogP contribution in [0.15, 0.2) is 60.8 Å². The van der Waals surface area contributed by atoms with Gasteiger partial charge in [0.15, 0.2) is 5.65 Å². The van der Waals surface area contributed by atoms with Crippen molar-refractivity contribution in [1.29, 1.82) is 0 Å². The minimum absolute atomic E-state index is 0.133. The Kier molecular flexibility index (Phi) is 7.14. The summed E-state index contributed by atoms with van der Waals surface area (Å²) in [6.07, 6.45) is 3.28. The Labute approximate surface area is 243 Å². The zero-order valence-electron chi connectivity index (χ0n) is 24.2. The van der Waals surface area contributed by atoms with E-state index >= 15 is 0 Å². The Hall–Kier alpha value is -4.37. The molecule has 0 unspecified atom stereocenters. The lowest BCUT2D eigenvalue weighted by Crippen LogP contribution is -2.27. The summed E-state index contributed by atoms with van der Waals surface area (Å²) in [4.78, 5) is 30.8. The van der Waals surface area contributed by atoms with E-state index in [0.29, 0.717) is 36.5 Å². The number of esters is 1. The number of hydrogen-bond donors (Lipinski definition) is 0. The van der Waals surface area contributed by atoms with Crippen LogP contribution in [0.5, 0.6) is 0 Å². The van der Waals surface area contributed by atoms with Crippen molar-refractivity contribution in [3.8, 4) is 16.8 Å². The van der Waals surface area contributed by atoms with Crippen LogP contribution in [0.25, 0.3) is 38.9 Å². The first kappa shape index (κ1) is 27.8. The number of halogens is 1. The third kappa shape index (κ3) is 4.87. The second-order valence-electron chi connectivity index (χ2n) is 11.6. The van der Waals surface area contributed by atoms with Crippen molar-refractivity contribution in [2.45, 2.75) is 46.5 Å². The van der Waals surface area contributed by atoms with Crippen molar-refractivity contribution >= 4 is 33.9 Å². The maximum atomic E-state index is 14.1. The number of nitrogens with zero attached hydrogens (tertiary/aromatic N) is 4. The molecule has 0 spiro atoms. The predicted octanol–water partition coefficient (Wildman–Crippen LogP) is 6.94. The van der Waals surface area contributed by atoms with E-state index < -0.39 is 5.41 Å². The van der Waals surface area contributed by atoms with Gasteiger partial charge in [0.05, 0.1) is 29.4 Å². The molecule has 42 heavy (non-hydrogen) atoms. The van der Waals surface area contributed by atoms with Gasteiger partial charge in [-0.05, 0) is 67.8 Å². The van der Waals surface area contributed by atoms with Gasteiger partial charge in [0, 0.05) is 46.9 Å². The van der Waals surface area contributed by atoms with Gasteiger partial charge in [-0.2, -0.15) is 9.78 Å². The first-order valence-electron chi connectivity index (χ1n) is 14.3. The zero-order chi connectivity index (χ0) is 29.6. The van der Waals surface area contributed by atoms with Crippen LogP contribution in [0.3, 0.4) is 0 Å². The summed E-state index contributed by atoms with van der Waals surface area (Å²) in [5, 5.41) is 5.15. The molecule has 8 nitrogen and oxygen atoms in total. The molecule has 1 aliphatic rings. The smallest absolute Gasteiger partial charge is 0.338 e. The Morgan fingerprint density at radius 1 is 1.05 bits per heavy atom. The van der Waals surface area contributed by atoms with Crippen LogP contribution in [0.2, 0.25) is 0 Å². The molecule has 0 aliphatic carbocycles. The van der Waals surface area contributed by atoms with Gasteiger partial charge in [-0.3, -0.25) is 4.79 Å². The summed E-state index contributed by atoms with van der Waals surface area (Å²) in [6.45, 7) is 8.88. The molecule has 0 bridgehead atoms. The zero-order valence-corrected chi connectivity index (χ0v) is 24.2. The average molecular weight is 569 g/mol. The Balaban J connectivity index is 1.68. The molecular formula is C33H33FN4O4. The molecule has 6 rings (SSSR count). The van der Waals surface area contributed by atoms with Gasteiger partial charge >= 0.3 is 5.97 Å². The van der Waals surface area contributed by atoms with Crippen molar-refractivity contribution in [3.63, 3.8) is 0 Å². The molecular weight excluding hydrogens is 535 g/mol. The fraction of sp³-hybridized carbons (Fsp3) is 0.333. The minimum atomic E-state index is -0.658. The number of fused-ring (bicyclic) bond motifs is 2. The molecule has 216 valence electrons. The normalized spacial score (nSPS) is 14.5. The van der Waals surface area contributed by atoms with Crippen molar-refractivity contribution in [2.75, 3.05) is 19.8 Å². The Bertz CT molecular complexity index is 1790. The molecule has 0 N–H and O–H groups in total. The van der Waals surface area contributed by atoms with E-state index in [9.17, 15) is 14.0 Å². The van der Waals surface area contributed by atoms with E-state index in [1.807, 2.05) is 39.0 Å². The van der Waals surface area contributed by atoms with Gasteiger partial charge in [0.2, 0.25) is 0 Å². The maximum Gasteiger partial charge on any atom is 0.338 e. The summed E-state index contributed by atoms with van der Waals surface area (Å²) >= 11 is 0. The lowest BCUT2D eigenvalue weighted by molar-refractivity contribution is 0.0526. The summed E-state index contributed by atoms with van der Waals surface area (Å²) in [5.41, 5.74) is 5.39. The van der Waals surface area contributed by atoms with Gasteiger partial charge in [-0.25, -0.2) is 14.2 Å².